The van der Waals surface area contributed by atoms with E-state index in [-0.39, 0.29) is 6.54 Å². The van der Waals surface area contributed by atoms with Crippen LogP contribution in [0.5, 0.6) is 0 Å². The second-order valence-corrected chi connectivity index (χ2v) is 2.62. The monoisotopic (exact) mass is 187 g/mol. The van der Waals surface area contributed by atoms with Gasteiger partial charge in [-0.25, -0.2) is 8.78 Å². The van der Waals surface area contributed by atoms with E-state index in [1.165, 1.54) is 6.07 Å². The summed E-state index contributed by atoms with van der Waals surface area (Å²) in [5.41, 5.74) is 12.3. The van der Waals surface area contributed by atoms with Crippen molar-refractivity contribution in [2.24, 2.45) is 0 Å². The first-order valence-corrected chi connectivity index (χ1v) is 3.76. The van der Waals surface area contributed by atoms with E-state index in [2.05, 4.69) is 5.32 Å². The number of anilines is 3. The molecule has 5 N–H and O–H groups in total. The van der Waals surface area contributed by atoms with Crippen molar-refractivity contribution in [1.82, 2.24) is 0 Å². The van der Waals surface area contributed by atoms with Gasteiger partial charge in [-0.1, -0.05) is 0 Å². The number of alkyl halides is 2. The molecule has 0 aliphatic carbocycles. The Morgan fingerprint density at radius 1 is 1.23 bits per heavy atom. The molecule has 1 rings (SSSR count). The highest BCUT2D eigenvalue weighted by atomic mass is 19.3. The van der Waals surface area contributed by atoms with Crippen LogP contribution in [0.1, 0.15) is 0 Å². The largest absolute Gasteiger partial charge is 0.397 e. The van der Waals surface area contributed by atoms with E-state index in [4.69, 9.17) is 11.5 Å². The fourth-order valence-corrected chi connectivity index (χ4v) is 0.880. The van der Waals surface area contributed by atoms with Gasteiger partial charge in [-0.15, -0.1) is 0 Å². The molecule has 5 heteroatoms. The van der Waals surface area contributed by atoms with E-state index in [0.717, 1.165) is 0 Å². The summed E-state index contributed by atoms with van der Waals surface area (Å²) in [6.07, 6.45) is -2.38. The zero-order chi connectivity index (χ0) is 9.84. The predicted molar refractivity (Wildman–Crippen MR) is 49.8 cm³/mol. The number of hydrogen-bond donors (Lipinski definition) is 3. The lowest BCUT2D eigenvalue weighted by molar-refractivity contribution is 0.163. The third-order valence-corrected chi connectivity index (χ3v) is 1.55. The topological polar surface area (TPSA) is 64.1 Å². The van der Waals surface area contributed by atoms with Gasteiger partial charge in [-0.3, -0.25) is 0 Å². The summed E-state index contributed by atoms with van der Waals surface area (Å²) >= 11 is 0. The van der Waals surface area contributed by atoms with Gasteiger partial charge in [0.2, 0.25) is 0 Å². The number of hydrogen-bond acceptors (Lipinski definition) is 3. The lowest BCUT2D eigenvalue weighted by Crippen LogP contribution is -2.10. The third-order valence-electron chi connectivity index (χ3n) is 1.55. The smallest absolute Gasteiger partial charge is 0.255 e. The molecule has 0 atom stereocenters. The predicted octanol–water partition coefficient (Wildman–Crippen LogP) is 1.53. The molecular formula is C8H11F2N3. The van der Waals surface area contributed by atoms with Crippen molar-refractivity contribution in [2.45, 2.75) is 6.43 Å². The minimum Gasteiger partial charge on any atom is -0.397 e. The molecule has 0 fully saturated rings. The molecule has 0 saturated carbocycles. The van der Waals surface area contributed by atoms with Crippen molar-refractivity contribution in [3.8, 4) is 0 Å². The highest BCUT2D eigenvalue weighted by Gasteiger charge is 2.02. The van der Waals surface area contributed by atoms with Crippen LogP contribution in [0.15, 0.2) is 18.2 Å². The molecule has 3 nitrogen and oxygen atoms in total. The first kappa shape index (κ1) is 9.57. The van der Waals surface area contributed by atoms with Crippen LogP contribution in [0.25, 0.3) is 0 Å². The van der Waals surface area contributed by atoms with Gasteiger partial charge in [-0.05, 0) is 18.2 Å². The number of rotatable bonds is 3. The lowest BCUT2D eigenvalue weighted by Gasteiger charge is -2.07. The van der Waals surface area contributed by atoms with Gasteiger partial charge in [0, 0.05) is 5.69 Å². The second kappa shape index (κ2) is 3.93. The van der Waals surface area contributed by atoms with Crippen molar-refractivity contribution in [3.63, 3.8) is 0 Å². The van der Waals surface area contributed by atoms with Crippen molar-refractivity contribution >= 4 is 17.1 Å². The molecular weight excluding hydrogens is 176 g/mol. The SMILES string of the molecule is Nc1ccc(NCC(F)F)cc1N. The first-order valence-electron chi connectivity index (χ1n) is 3.76. The zero-order valence-electron chi connectivity index (χ0n) is 6.93. The highest BCUT2D eigenvalue weighted by Crippen LogP contribution is 2.19. The Hall–Kier alpha value is -1.52. The zero-order valence-corrected chi connectivity index (χ0v) is 6.93. The summed E-state index contributed by atoms with van der Waals surface area (Å²) in [7, 11) is 0. The van der Waals surface area contributed by atoms with Gasteiger partial charge in [0.1, 0.15) is 0 Å². The molecule has 0 aliphatic heterocycles. The Kier molecular flexibility index (Phi) is 2.89. The van der Waals surface area contributed by atoms with E-state index in [0.29, 0.717) is 17.1 Å². The molecule has 1 aromatic carbocycles. The van der Waals surface area contributed by atoms with Crippen LogP contribution < -0.4 is 16.8 Å². The minimum absolute atomic E-state index is 0.386. The van der Waals surface area contributed by atoms with Gasteiger partial charge < -0.3 is 16.8 Å². The Morgan fingerprint density at radius 2 is 1.92 bits per heavy atom. The molecule has 0 radical (unpaired) electrons. The summed E-state index contributed by atoms with van der Waals surface area (Å²) < 4.78 is 23.6. The number of halogens is 2. The van der Waals surface area contributed by atoms with Crippen LogP contribution in [0.3, 0.4) is 0 Å². The van der Waals surface area contributed by atoms with Crippen molar-refractivity contribution in [2.75, 3.05) is 23.3 Å². The Balaban J connectivity index is 2.63. The maximum Gasteiger partial charge on any atom is 0.255 e. The van der Waals surface area contributed by atoms with E-state index in [9.17, 15) is 8.78 Å². The van der Waals surface area contributed by atoms with E-state index in [1.807, 2.05) is 0 Å². The van der Waals surface area contributed by atoms with Crippen LogP contribution >= 0.6 is 0 Å². The minimum atomic E-state index is -2.38. The molecule has 0 amide bonds. The number of benzene rings is 1. The van der Waals surface area contributed by atoms with Crippen LogP contribution in [0, 0.1) is 0 Å². The molecule has 0 heterocycles. The first-order chi connectivity index (χ1) is 6.09. The summed E-state index contributed by atoms with van der Waals surface area (Å²) in [4.78, 5) is 0. The molecule has 0 aliphatic rings. The number of nitrogens with one attached hydrogen (secondary N) is 1. The third kappa shape index (κ3) is 2.77. The van der Waals surface area contributed by atoms with Crippen LogP contribution in [0.4, 0.5) is 25.8 Å². The van der Waals surface area contributed by atoms with Gasteiger partial charge in [-0.2, -0.15) is 0 Å². The van der Waals surface area contributed by atoms with Crippen molar-refractivity contribution < 1.29 is 8.78 Å². The molecule has 13 heavy (non-hydrogen) atoms. The molecule has 1 aromatic rings. The summed E-state index contributed by atoms with van der Waals surface area (Å²) in [6, 6.07) is 4.70. The number of nitrogen functional groups attached to an aromatic ring is 2. The molecule has 0 bridgehead atoms. The molecule has 0 saturated heterocycles. The van der Waals surface area contributed by atoms with Gasteiger partial charge in [0.25, 0.3) is 6.43 Å². The van der Waals surface area contributed by atoms with E-state index >= 15 is 0 Å². The fraction of sp³-hybridized carbons (Fsp3) is 0.250. The average molecular weight is 187 g/mol. The standard InChI is InChI=1S/C8H11F2N3/c9-8(10)4-13-5-1-2-6(11)7(12)3-5/h1-3,8,13H,4,11-12H2. The van der Waals surface area contributed by atoms with Crippen molar-refractivity contribution in [3.05, 3.63) is 18.2 Å². The summed E-state index contributed by atoms with van der Waals surface area (Å²) in [6.45, 7) is -0.386. The van der Waals surface area contributed by atoms with Crippen LogP contribution in [0.2, 0.25) is 0 Å². The van der Waals surface area contributed by atoms with Gasteiger partial charge >= 0.3 is 0 Å². The van der Waals surface area contributed by atoms with Gasteiger partial charge in [0.05, 0.1) is 17.9 Å². The average Bonchev–Trinajstić information content (AvgIpc) is 2.07. The second-order valence-electron chi connectivity index (χ2n) is 2.62. The van der Waals surface area contributed by atoms with Gasteiger partial charge in [0.15, 0.2) is 0 Å². The maximum atomic E-state index is 11.8. The van der Waals surface area contributed by atoms with Crippen LogP contribution in [-0.2, 0) is 0 Å². The Bertz CT molecular complexity index is 289. The normalized spacial score (nSPS) is 10.4. The van der Waals surface area contributed by atoms with E-state index in [1.54, 1.807) is 12.1 Å². The molecule has 0 aromatic heterocycles. The Labute approximate surface area is 74.7 Å². The summed E-state index contributed by atoms with van der Waals surface area (Å²) in [5, 5.41) is 2.53. The fourth-order valence-electron chi connectivity index (χ4n) is 0.880. The Morgan fingerprint density at radius 3 is 2.46 bits per heavy atom. The van der Waals surface area contributed by atoms with Crippen LogP contribution in [-0.4, -0.2) is 13.0 Å². The quantitative estimate of drug-likeness (QED) is 0.629. The molecule has 0 spiro atoms. The maximum absolute atomic E-state index is 11.8. The highest BCUT2D eigenvalue weighted by molar-refractivity contribution is 5.69. The molecule has 0 unspecified atom stereocenters. The number of nitrogens with two attached hydrogens (primary N) is 2. The van der Waals surface area contributed by atoms with Crippen molar-refractivity contribution in [1.29, 1.82) is 0 Å². The molecule has 72 valence electrons. The lowest BCUT2D eigenvalue weighted by atomic mass is 10.2. The summed E-state index contributed by atoms with van der Waals surface area (Å²) in [5.74, 6) is 0. The van der Waals surface area contributed by atoms with E-state index < -0.39 is 6.43 Å².